The van der Waals surface area contributed by atoms with Gasteiger partial charge in [0.25, 0.3) is 0 Å². The number of carbonyl (C=O) groups is 3. The van der Waals surface area contributed by atoms with Gasteiger partial charge in [0.05, 0.1) is 0 Å². The van der Waals surface area contributed by atoms with Crippen molar-refractivity contribution in [2.45, 2.75) is 213 Å². The molecule has 6 heteroatoms. The molecule has 0 aliphatic carbocycles. The van der Waals surface area contributed by atoms with Crippen molar-refractivity contribution >= 4 is 17.9 Å². The monoisotopic (exact) mass is 937 g/mol. The smallest absolute Gasteiger partial charge is 0.306 e. The minimum Gasteiger partial charge on any atom is -0.462 e. The van der Waals surface area contributed by atoms with E-state index in [0.29, 0.717) is 19.3 Å². The van der Waals surface area contributed by atoms with Gasteiger partial charge >= 0.3 is 17.9 Å². The van der Waals surface area contributed by atoms with E-state index in [9.17, 15) is 14.4 Å². The van der Waals surface area contributed by atoms with E-state index in [1.165, 1.54) is 44.9 Å². The molecule has 0 saturated heterocycles. The van der Waals surface area contributed by atoms with E-state index in [1.807, 2.05) is 12.2 Å². The average Bonchev–Trinajstić information content (AvgIpc) is 3.34. The van der Waals surface area contributed by atoms with Crippen LogP contribution in [0.5, 0.6) is 0 Å². The molecule has 0 amide bonds. The third kappa shape index (κ3) is 52.3. The number of rotatable bonds is 46. The van der Waals surface area contributed by atoms with Gasteiger partial charge in [0.1, 0.15) is 13.2 Å². The van der Waals surface area contributed by atoms with Crippen LogP contribution in [0.25, 0.3) is 0 Å². The zero-order chi connectivity index (χ0) is 49.3. The Morgan fingerprint density at radius 2 is 0.632 bits per heavy atom. The Morgan fingerprint density at radius 3 is 1.07 bits per heavy atom. The van der Waals surface area contributed by atoms with E-state index in [-0.39, 0.29) is 38.0 Å². The van der Waals surface area contributed by atoms with Crippen LogP contribution in [0.15, 0.2) is 146 Å². The second kappa shape index (κ2) is 54.9. The van der Waals surface area contributed by atoms with Crippen molar-refractivity contribution in [2.75, 3.05) is 13.2 Å². The molecule has 1 atom stereocenters. The second-order valence-electron chi connectivity index (χ2n) is 17.0. The highest BCUT2D eigenvalue weighted by Crippen LogP contribution is 2.11. The Balaban J connectivity index is 4.64. The fraction of sp³-hybridized carbons (Fsp3) is 0.565. The fourth-order valence-electron chi connectivity index (χ4n) is 6.53. The first kappa shape index (κ1) is 63.3. The zero-order valence-electron chi connectivity index (χ0n) is 43.3. The Morgan fingerprint density at radius 1 is 0.309 bits per heavy atom. The van der Waals surface area contributed by atoms with Gasteiger partial charge in [-0.25, -0.2) is 0 Å². The van der Waals surface area contributed by atoms with E-state index in [0.717, 1.165) is 109 Å². The van der Waals surface area contributed by atoms with Gasteiger partial charge in [0.15, 0.2) is 6.10 Å². The molecule has 0 bridgehead atoms. The van der Waals surface area contributed by atoms with Crippen molar-refractivity contribution in [1.82, 2.24) is 0 Å². The summed E-state index contributed by atoms with van der Waals surface area (Å²) in [6, 6.07) is 0. The zero-order valence-corrected chi connectivity index (χ0v) is 43.3. The number of esters is 3. The van der Waals surface area contributed by atoms with Gasteiger partial charge in [-0.1, -0.05) is 212 Å². The largest absolute Gasteiger partial charge is 0.462 e. The van der Waals surface area contributed by atoms with Gasteiger partial charge in [-0.3, -0.25) is 14.4 Å². The average molecular weight is 937 g/mol. The summed E-state index contributed by atoms with van der Waals surface area (Å²) in [6.45, 7) is 6.31. The molecule has 0 saturated carbocycles. The Kier molecular flexibility index (Phi) is 51.1. The molecule has 380 valence electrons. The molecule has 0 fully saturated rings. The number of ether oxygens (including phenoxy) is 3. The van der Waals surface area contributed by atoms with E-state index in [1.54, 1.807) is 0 Å². The van der Waals surface area contributed by atoms with E-state index in [2.05, 4.69) is 154 Å². The van der Waals surface area contributed by atoms with E-state index < -0.39 is 12.1 Å². The molecule has 0 radical (unpaired) electrons. The van der Waals surface area contributed by atoms with Crippen LogP contribution in [0.1, 0.15) is 207 Å². The molecule has 0 N–H and O–H groups in total. The highest BCUT2D eigenvalue weighted by molar-refractivity contribution is 5.71. The maximum absolute atomic E-state index is 12.8. The van der Waals surface area contributed by atoms with Crippen LogP contribution in [0, 0.1) is 0 Å². The number of hydrogen-bond donors (Lipinski definition) is 0. The Bertz CT molecular complexity index is 1540. The molecular formula is C62H96O6. The van der Waals surface area contributed by atoms with Crippen molar-refractivity contribution in [2.24, 2.45) is 0 Å². The van der Waals surface area contributed by atoms with Crippen LogP contribution in [0.2, 0.25) is 0 Å². The second-order valence-corrected chi connectivity index (χ2v) is 17.0. The number of allylic oxidation sites excluding steroid dienone is 24. The lowest BCUT2D eigenvalue weighted by Crippen LogP contribution is -2.30. The van der Waals surface area contributed by atoms with Gasteiger partial charge < -0.3 is 14.2 Å². The van der Waals surface area contributed by atoms with Crippen LogP contribution in [-0.4, -0.2) is 37.2 Å². The number of carbonyl (C=O) groups excluding carboxylic acids is 3. The molecule has 0 unspecified atom stereocenters. The summed E-state index contributed by atoms with van der Waals surface area (Å²) >= 11 is 0. The first-order chi connectivity index (χ1) is 33.5. The Labute approximate surface area is 417 Å². The first-order valence-corrected chi connectivity index (χ1v) is 26.8. The number of unbranched alkanes of at least 4 members (excludes halogenated alkanes) is 11. The maximum Gasteiger partial charge on any atom is 0.306 e. The molecule has 68 heavy (non-hydrogen) atoms. The van der Waals surface area contributed by atoms with Crippen LogP contribution >= 0.6 is 0 Å². The molecule has 0 aromatic rings. The highest BCUT2D eigenvalue weighted by atomic mass is 16.6. The van der Waals surface area contributed by atoms with Gasteiger partial charge in [-0.05, 0) is 122 Å². The first-order valence-electron chi connectivity index (χ1n) is 26.8. The van der Waals surface area contributed by atoms with Crippen molar-refractivity contribution < 1.29 is 28.6 Å². The van der Waals surface area contributed by atoms with Gasteiger partial charge in [-0.15, -0.1) is 0 Å². The molecule has 6 nitrogen and oxygen atoms in total. The summed E-state index contributed by atoms with van der Waals surface area (Å²) in [5, 5.41) is 0. The summed E-state index contributed by atoms with van der Waals surface area (Å²) in [7, 11) is 0. The summed E-state index contributed by atoms with van der Waals surface area (Å²) < 4.78 is 16.7. The van der Waals surface area contributed by atoms with Crippen molar-refractivity contribution in [1.29, 1.82) is 0 Å². The summed E-state index contributed by atoms with van der Waals surface area (Å²) in [5.41, 5.74) is 0. The molecule has 0 aromatic heterocycles. The molecule has 0 aliphatic rings. The maximum atomic E-state index is 12.8. The van der Waals surface area contributed by atoms with Crippen LogP contribution < -0.4 is 0 Å². The summed E-state index contributed by atoms with van der Waals surface area (Å²) in [6.07, 6.45) is 78.4. The predicted molar refractivity (Wildman–Crippen MR) is 292 cm³/mol. The molecular weight excluding hydrogens is 841 g/mol. The van der Waals surface area contributed by atoms with Crippen LogP contribution in [0.4, 0.5) is 0 Å². The summed E-state index contributed by atoms with van der Waals surface area (Å²) in [5.74, 6) is -1.10. The van der Waals surface area contributed by atoms with E-state index in [4.69, 9.17) is 14.2 Å². The fourth-order valence-corrected chi connectivity index (χ4v) is 6.53. The molecule has 0 heterocycles. The lowest BCUT2D eigenvalue weighted by atomic mass is 10.1. The van der Waals surface area contributed by atoms with E-state index >= 15 is 0 Å². The summed E-state index contributed by atoms with van der Waals surface area (Å²) in [4.78, 5) is 38.0. The third-order valence-corrected chi connectivity index (χ3v) is 10.6. The highest BCUT2D eigenvalue weighted by Gasteiger charge is 2.19. The van der Waals surface area contributed by atoms with Crippen molar-refractivity contribution in [3.8, 4) is 0 Å². The molecule has 0 spiro atoms. The standard InChI is InChI=1S/C62H96O6/c1-4-7-10-13-16-19-22-25-28-30-31-33-34-37-40-43-46-49-52-55-61(64)67-58-59(57-66-60(63)54-51-48-45-42-39-36-27-24-21-18-15-12-9-6-3)68-62(65)56-53-50-47-44-41-38-35-32-29-26-23-20-17-14-11-8-5-2/h7,10,15-20,24-29,31,33,35,37-38,40,44,46-47,49,59H,4-6,8-9,11-14,21-23,30,32,34,36,39,41-43,45,48,50-58H2,1-3H3/b10-7-,18-15-,19-16-,20-17-,27-24-,28-25-,29-26-,33-31-,38-35-,40-37-,47-44-,49-46-/t59-/m1/s1. The predicted octanol–water partition coefficient (Wildman–Crippen LogP) is 18.0. The topological polar surface area (TPSA) is 78.9 Å². The van der Waals surface area contributed by atoms with Gasteiger partial charge in [-0.2, -0.15) is 0 Å². The van der Waals surface area contributed by atoms with Crippen LogP contribution in [0.3, 0.4) is 0 Å². The number of hydrogen-bond acceptors (Lipinski definition) is 6. The lowest BCUT2D eigenvalue weighted by molar-refractivity contribution is -0.166. The SMILES string of the molecule is CC/C=C\C/C=C\C/C=C\C/C=C\C/C=C\C/C=C\CCC(=O)OC[C@@H](COC(=O)CCCCCCC/C=C\C/C=C\CCCC)OC(=O)CCC/C=C\C/C=C\C/C=C\C/C=C\CCCCC. The quantitative estimate of drug-likeness (QED) is 0.0262. The third-order valence-electron chi connectivity index (χ3n) is 10.6. The molecule has 0 aliphatic heterocycles. The minimum absolute atomic E-state index is 0.137. The normalized spacial score (nSPS) is 13.3. The van der Waals surface area contributed by atoms with Gasteiger partial charge in [0.2, 0.25) is 0 Å². The minimum atomic E-state index is -0.849. The lowest BCUT2D eigenvalue weighted by Gasteiger charge is -2.18. The van der Waals surface area contributed by atoms with Crippen LogP contribution in [-0.2, 0) is 28.6 Å². The Hall–Kier alpha value is -4.71. The molecule has 0 rings (SSSR count). The van der Waals surface area contributed by atoms with Crippen molar-refractivity contribution in [3.63, 3.8) is 0 Å². The molecule has 0 aromatic carbocycles. The van der Waals surface area contributed by atoms with Gasteiger partial charge in [0, 0.05) is 19.3 Å². The van der Waals surface area contributed by atoms with Crippen molar-refractivity contribution in [3.05, 3.63) is 146 Å².